The Morgan fingerprint density at radius 1 is 1.12 bits per heavy atom. The minimum absolute atomic E-state index is 0.499. The van der Waals surface area contributed by atoms with Crippen molar-refractivity contribution in [1.29, 1.82) is 0 Å². The number of hydrogen-bond acceptors (Lipinski definition) is 2. The third-order valence-corrected chi connectivity index (χ3v) is 3.78. The molecule has 0 radical (unpaired) electrons. The van der Waals surface area contributed by atoms with Gasteiger partial charge in [0.15, 0.2) is 0 Å². The van der Waals surface area contributed by atoms with Gasteiger partial charge in [0.05, 0.1) is 6.61 Å². The van der Waals surface area contributed by atoms with Crippen LogP contribution in [0.2, 0.25) is 0 Å². The summed E-state index contributed by atoms with van der Waals surface area (Å²) in [5.41, 5.74) is 1.35. The average Bonchev–Trinajstić information content (AvgIpc) is 3.22. The molecule has 92 valence electrons. The molecule has 1 aliphatic heterocycles. The van der Waals surface area contributed by atoms with Gasteiger partial charge in [0, 0.05) is 11.6 Å². The van der Waals surface area contributed by atoms with Crippen molar-refractivity contribution >= 4 is 0 Å². The quantitative estimate of drug-likeness (QED) is 0.858. The van der Waals surface area contributed by atoms with E-state index in [4.69, 9.17) is 4.74 Å². The highest BCUT2D eigenvalue weighted by molar-refractivity contribution is 5.36. The van der Waals surface area contributed by atoms with Gasteiger partial charge in [0.2, 0.25) is 0 Å². The van der Waals surface area contributed by atoms with Gasteiger partial charge in [-0.2, -0.15) is 0 Å². The highest BCUT2D eigenvalue weighted by atomic mass is 16.5. The topological polar surface area (TPSA) is 21.3 Å². The standard InChI is InChI=1S/C15H21NO/c1-2-7-15(17-11-12-8-9-12)13(5-1)14-6-3-4-10-16-14/h1-2,5,7,12,14,16H,3-4,6,8-11H2. The molecule has 0 amide bonds. The molecule has 0 spiro atoms. The summed E-state index contributed by atoms with van der Waals surface area (Å²) in [6, 6.07) is 9.03. The Kier molecular flexibility index (Phi) is 3.32. The molecule has 3 rings (SSSR count). The summed E-state index contributed by atoms with van der Waals surface area (Å²) in [6.45, 7) is 2.05. The second-order valence-electron chi connectivity index (χ2n) is 5.29. The van der Waals surface area contributed by atoms with Crippen molar-refractivity contribution in [3.05, 3.63) is 29.8 Å². The van der Waals surface area contributed by atoms with Gasteiger partial charge in [-0.3, -0.25) is 0 Å². The second kappa shape index (κ2) is 5.09. The largest absolute Gasteiger partial charge is 0.493 e. The molecule has 2 nitrogen and oxygen atoms in total. The lowest BCUT2D eigenvalue weighted by atomic mass is 9.97. The van der Waals surface area contributed by atoms with E-state index < -0.39 is 0 Å². The molecule has 1 N–H and O–H groups in total. The van der Waals surface area contributed by atoms with E-state index in [9.17, 15) is 0 Å². The molecule has 1 saturated carbocycles. The van der Waals surface area contributed by atoms with Crippen LogP contribution in [0.4, 0.5) is 0 Å². The van der Waals surface area contributed by atoms with E-state index in [0.29, 0.717) is 6.04 Å². The first-order chi connectivity index (χ1) is 8.43. The van der Waals surface area contributed by atoms with Crippen LogP contribution < -0.4 is 10.1 Å². The summed E-state index contributed by atoms with van der Waals surface area (Å²) in [5, 5.41) is 3.60. The van der Waals surface area contributed by atoms with Gasteiger partial charge in [0.1, 0.15) is 5.75 Å². The molecular weight excluding hydrogens is 210 g/mol. The lowest BCUT2D eigenvalue weighted by Gasteiger charge is -2.25. The maximum atomic E-state index is 5.97. The highest BCUT2D eigenvalue weighted by Crippen LogP contribution is 2.33. The van der Waals surface area contributed by atoms with Crippen molar-refractivity contribution in [2.45, 2.75) is 38.1 Å². The summed E-state index contributed by atoms with van der Waals surface area (Å²) in [7, 11) is 0. The number of rotatable bonds is 4. The molecule has 1 aliphatic carbocycles. The molecule has 1 aromatic carbocycles. The van der Waals surface area contributed by atoms with E-state index in [1.165, 1.54) is 37.7 Å². The van der Waals surface area contributed by atoms with Gasteiger partial charge in [-0.25, -0.2) is 0 Å². The maximum absolute atomic E-state index is 5.97. The number of hydrogen-bond donors (Lipinski definition) is 1. The zero-order valence-corrected chi connectivity index (χ0v) is 10.3. The third-order valence-electron chi connectivity index (χ3n) is 3.78. The molecule has 0 bridgehead atoms. The van der Waals surface area contributed by atoms with Crippen LogP contribution in [-0.4, -0.2) is 13.2 Å². The first kappa shape index (κ1) is 11.1. The smallest absolute Gasteiger partial charge is 0.124 e. The van der Waals surface area contributed by atoms with E-state index in [1.807, 2.05) is 0 Å². The normalized spacial score (nSPS) is 24.6. The van der Waals surface area contributed by atoms with E-state index in [1.54, 1.807) is 0 Å². The molecule has 1 aromatic rings. The summed E-state index contributed by atoms with van der Waals surface area (Å²) >= 11 is 0. The van der Waals surface area contributed by atoms with Crippen LogP contribution in [0.1, 0.15) is 43.7 Å². The van der Waals surface area contributed by atoms with Crippen LogP contribution in [-0.2, 0) is 0 Å². The van der Waals surface area contributed by atoms with Crippen LogP contribution in [0.3, 0.4) is 0 Å². The van der Waals surface area contributed by atoms with Crippen LogP contribution in [0.15, 0.2) is 24.3 Å². The Morgan fingerprint density at radius 2 is 2.00 bits per heavy atom. The van der Waals surface area contributed by atoms with Crippen molar-refractivity contribution in [3.8, 4) is 5.75 Å². The number of piperidine rings is 1. The van der Waals surface area contributed by atoms with E-state index in [-0.39, 0.29) is 0 Å². The Labute approximate surface area is 103 Å². The zero-order chi connectivity index (χ0) is 11.5. The van der Waals surface area contributed by atoms with Crippen LogP contribution in [0.5, 0.6) is 5.75 Å². The fourth-order valence-electron chi connectivity index (χ4n) is 2.51. The predicted octanol–water partition coefficient (Wildman–Crippen LogP) is 3.29. The minimum atomic E-state index is 0.499. The summed E-state index contributed by atoms with van der Waals surface area (Å²) in [6.07, 6.45) is 6.58. The van der Waals surface area contributed by atoms with Gasteiger partial charge in [-0.05, 0) is 44.2 Å². The van der Waals surface area contributed by atoms with Gasteiger partial charge in [0.25, 0.3) is 0 Å². The van der Waals surface area contributed by atoms with E-state index in [2.05, 4.69) is 29.6 Å². The molecule has 2 aliphatic rings. The van der Waals surface area contributed by atoms with Gasteiger partial charge < -0.3 is 10.1 Å². The fraction of sp³-hybridized carbons (Fsp3) is 0.600. The molecule has 17 heavy (non-hydrogen) atoms. The lowest BCUT2D eigenvalue weighted by Crippen LogP contribution is -2.27. The first-order valence-corrected chi connectivity index (χ1v) is 6.88. The minimum Gasteiger partial charge on any atom is -0.493 e. The van der Waals surface area contributed by atoms with Crippen LogP contribution in [0.25, 0.3) is 0 Å². The van der Waals surface area contributed by atoms with Gasteiger partial charge >= 0.3 is 0 Å². The number of para-hydroxylation sites is 1. The SMILES string of the molecule is c1ccc(C2CCCCN2)c(OCC2CC2)c1. The lowest BCUT2D eigenvalue weighted by molar-refractivity contribution is 0.289. The van der Waals surface area contributed by atoms with Crippen molar-refractivity contribution in [2.75, 3.05) is 13.2 Å². The third kappa shape index (κ3) is 2.81. The summed E-state index contributed by atoms with van der Waals surface area (Å²) in [4.78, 5) is 0. The van der Waals surface area contributed by atoms with Gasteiger partial charge in [-0.15, -0.1) is 0 Å². The van der Waals surface area contributed by atoms with Crippen LogP contribution in [0, 0.1) is 5.92 Å². The molecule has 1 atom stereocenters. The van der Waals surface area contributed by atoms with Crippen molar-refractivity contribution in [1.82, 2.24) is 5.32 Å². The highest BCUT2D eigenvalue weighted by Gasteiger charge is 2.23. The Hall–Kier alpha value is -1.02. The number of benzene rings is 1. The molecule has 1 heterocycles. The Balaban J connectivity index is 1.71. The predicted molar refractivity (Wildman–Crippen MR) is 69.3 cm³/mol. The fourth-order valence-corrected chi connectivity index (χ4v) is 2.51. The Bertz CT molecular complexity index is 367. The molecule has 0 aromatic heterocycles. The maximum Gasteiger partial charge on any atom is 0.124 e. The van der Waals surface area contributed by atoms with Crippen molar-refractivity contribution in [3.63, 3.8) is 0 Å². The van der Waals surface area contributed by atoms with Crippen LogP contribution >= 0.6 is 0 Å². The zero-order valence-electron chi connectivity index (χ0n) is 10.3. The Morgan fingerprint density at radius 3 is 2.76 bits per heavy atom. The second-order valence-corrected chi connectivity index (χ2v) is 5.29. The van der Waals surface area contributed by atoms with Crippen molar-refractivity contribution < 1.29 is 4.74 Å². The average molecular weight is 231 g/mol. The summed E-state index contributed by atoms with van der Waals surface area (Å²) in [5.74, 6) is 1.92. The number of ether oxygens (including phenoxy) is 1. The molecule has 2 fully saturated rings. The van der Waals surface area contributed by atoms with E-state index >= 15 is 0 Å². The van der Waals surface area contributed by atoms with Crippen molar-refractivity contribution in [2.24, 2.45) is 5.92 Å². The molecular formula is C15H21NO. The molecule has 2 heteroatoms. The first-order valence-electron chi connectivity index (χ1n) is 6.88. The van der Waals surface area contributed by atoms with Gasteiger partial charge in [-0.1, -0.05) is 24.6 Å². The molecule has 1 saturated heterocycles. The molecule has 1 unspecified atom stereocenters. The monoisotopic (exact) mass is 231 g/mol. The number of nitrogens with one attached hydrogen (secondary N) is 1. The summed E-state index contributed by atoms with van der Waals surface area (Å²) < 4.78 is 5.97. The van der Waals surface area contributed by atoms with E-state index in [0.717, 1.165) is 24.8 Å².